The van der Waals surface area contributed by atoms with Crippen LogP contribution >= 0.6 is 0 Å². The van der Waals surface area contributed by atoms with E-state index in [0.717, 1.165) is 25.0 Å². The van der Waals surface area contributed by atoms with E-state index in [1.54, 1.807) is 7.11 Å². The molecule has 14 heavy (non-hydrogen) atoms. The molecule has 0 saturated carbocycles. The van der Waals surface area contributed by atoms with Crippen LogP contribution in [-0.2, 0) is 12.8 Å². The van der Waals surface area contributed by atoms with Gasteiger partial charge in [0.1, 0.15) is 5.75 Å². The molecular formula is C12H17NO. The Morgan fingerprint density at radius 1 is 1.36 bits per heavy atom. The highest BCUT2D eigenvalue weighted by Gasteiger charge is 2.16. The summed E-state index contributed by atoms with van der Waals surface area (Å²) >= 11 is 0. The van der Waals surface area contributed by atoms with Gasteiger partial charge < -0.3 is 10.5 Å². The van der Waals surface area contributed by atoms with Gasteiger partial charge in [-0.1, -0.05) is 6.07 Å². The van der Waals surface area contributed by atoms with Gasteiger partial charge in [0.25, 0.3) is 0 Å². The van der Waals surface area contributed by atoms with E-state index in [9.17, 15) is 0 Å². The number of hydrogen-bond acceptors (Lipinski definition) is 2. The van der Waals surface area contributed by atoms with E-state index in [0.29, 0.717) is 6.04 Å². The van der Waals surface area contributed by atoms with Crippen molar-refractivity contribution >= 4 is 0 Å². The van der Waals surface area contributed by atoms with Crippen LogP contribution in [0.25, 0.3) is 0 Å². The fraction of sp³-hybridized carbons (Fsp3) is 0.500. The van der Waals surface area contributed by atoms with Crippen molar-refractivity contribution in [3.8, 4) is 5.75 Å². The Kier molecular flexibility index (Phi) is 2.46. The molecule has 0 amide bonds. The molecule has 0 spiro atoms. The molecule has 0 aliphatic heterocycles. The molecule has 2 N–H and O–H groups in total. The number of hydrogen-bond donors (Lipinski definition) is 1. The van der Waals surface area contributed by atoms with Gasteiger partial charge in [0.05, 0.1) is 7.11 Å². The topological polar surface area (TPSA) is 35.2 Å². The summed E-state index contributed by atoms with van der Waals surface area (Å²) in [6, 6.07) is 4.71. The van der Waals surface area contributed by atoms with Crippen LogP contribution in [0.15, 0.2) is 12.1 Å². The molecule has 0 bridgehead atoms. The summed E-state index contributed by atoms with van der Waals surface area (Å²) in [5.74, 6) is 0.984. The van der Waals surface area contributed by atoms with Crippen molar-refractivity contribution in [2.24, 2.45) is 5.73 Å². The fourth-order valence-electron chi connectivity index (χ4n) is 2.16. The predicted octanol–water partition coefficient (Wildman–Crippen LogP) is 1.82. The van der Waals surface area contributed by atoms with Crippen LogP contribution in [0, 0.1) is 6.92 Å². The second-order valence-electron chi connectivity index (χ2n) is 4.09. The van der Waals surface area contributed by atoms with Gasteiger partial charge in [-0.05, 0) is 48.9 Å². The second-order valence-corrected chi connectivity index (χ2v) is 4.09. The normalized spacial score (nSPS) is 20.4. The molecule has 0 saturated heterocycles. The predicted molar refractivity (Wildman–Crippen MR) is 57.7 cm³/mol. The summed E-state index contributed by atoms with van der Waals surface area (Å²) in [5, 5.41) is 0. The highest BCUT2D eigenvalue weighted by atomic mass is 16.5. The van der Waals surface area contributed by atoms with Crippen LogP contribution in [-0.4, -0.2) is 13.2 Å². The number of methoxy groups -OCH3 is 1. The van der Waals surface area contributed by atoms with Crippen molar-refractivity contribution in [2.75, 3.05) is 7.11 Å². The summed E-state index contributed by atoms with van der Waals surface area (Å²) < 4.78 is 5.31. The lowest BCUT2D eigenvalue weighted by molar-refractivity contribution is 0.410. The highest BCUT2D eigenvalue weighted by molar-refractivity contribution is 5.43. The van der Waals surface area contributed by atoms with Gasteiger partial charge in [0.2, 0.25) is 0 Å². The number of nitrogens with two attached hydrogens (primary N) is 1. The number of ether oxygens (including phenoxy) is 1. The molecule has 2 nitrogen and oxygen atoms in total. The van der Waals surface area contributed by atoms with Crippen LogP contribution in [0.4, 0.5) is 0 Å². The summed E-state index contributed by atoms with van der Waals surface area (Å²) in [7, 11) is 1.72. The van der Waals surface area contributed by atoms with Gasteiger partial charge in [0, 0.05) is 6.04 Å². The average Bonchev–Trinajstić information content (AvgIpc) is 2.17. The summed E-state index contributed by atoms with van der Waals surface area (Å²) in [6.45, 7) is 2.09. The van der Waals surface area contributed by atoms with E-state index in [1.165, 1.54) is 16.7 Å². The first kappa shape index (κ1) is 9.53. The van der Waals surface area contributed by atoms with Crippen molar-refractivity contribution in [1.29, 1.82) is 0 Å². The molecule has 1 aliphatic rings. The summed E-state index contributed by atoms with van der Waals surface area (Å²) in [4.78, 5) is 0. The van der Waals surface area contributed by atoms with Gasteiger partial charge in [-0.2, -0.15) is 0 Å². The molecule has 0 fully saturated rings. The Hall–Kier alpha value is -1.02. The van der Waals surface area contributed by atoms with E-state index in [-0.39, 0.29) is 0 Å². The highest BCUT2D eigenvalue weighted by Crippen LogP contribution is 2.28. The van der Waals surface area contributed by atoms with Crippen molar-refractivity contribution in [2.45, 2.75) is 32.2 Å². The van der Waals surface area contributed by atoms with Crippen molar-refractivity contribution in [1.82, 2.24) is 0 Å². The third-order valence-electron chi connectivity index (χ3n) is 2.98. The van der Waals surface area contributed by atoms with Crippen LogP contribution < -0.4 is 10.5 Å². The molecule has 0 unspecified atom stereocenters. The maximum atomic E-state index is 5.94. The van der Waals surface area contributed by atoms with E-state index in [4.69, 9.17) is 10.5 Å². The van der Waals surface area contributed by atoms with Crippen LogP contribution in [0.5, 0.6) is 5.75 Å². The fourth-order valence-corrected chi connectivity index (χ4v) is 2.16. The molecule has 2 rings (SSSR count). The first-order valence-corrected chi connectivity index (χ1v) is 5.12. The minimum absolute atomic E-state index is 0.329. The third-order valence-corrected chi connectivity index (χ3v) is 2.98. The summed E-state index contributed by atoms with van der Waals surface area (Å²) in [5.41, 5.74) is 9.98. The largest absolute Gasteiger partial charge is 0.496 e. The molecule has 0 aromatic heterocycles. The van der Waals surface area contributed by atoms with Gasteiger partial charge in [-0.15, -0.1) is 0 Å². The molecule has 1 atom stereocenters. The van der Waals surface area contributed by atoms with Gasteiger partial charge in [0.15, 0.2) is 0 Å². The van der Waals surface area contributed by atoms with Gasteiger partial charge >= 0.3 is 0 Å². The maximum Gasteiger partial charge on any atom is 0.122 e. The lowest BCUT2D eigenvalue weighted by Gasteiger charge is -2.22. The molecule has 0 radical (unpaired) electrons. The third kappa shape index (κ3) is 1.62. The Labute approximate surface area is 85.1 Å². The molecule has 1 aromatic rings. The zero-order chi connectivity index (χ0) is 10.1. The Balaban J connectivity index is 2.41. The van der Waals surface area contributed by atoms with Crippen molar-refractivity contribution in [3.63, 3.8) is 0 Å². The van der Waals surface area contributed by atoms with E-state index >= 15 is 0 Å². The molecular weight excluding hydrogens is 174 g/mol. The van der Waals surface area contributed by atoms with E-state index < -0.39 is 0 Å². The van der Waals surface area contributed by atoms with Crippen molar-refractivity contribution in [3.05, 3.63) is 28.8 Å². The molecule has 1 aromatic carbocycles. The van der Waals surface area contributed by atoms with Crippen molar-refractivity contribution < 1.29 is 4.74 Å². The molecule has 0 heterocycles. The Morgan fingerprint density at radius 3 is 2.86 bits per heavy atom. The zero-order valence-electron chi connectivity index (χ0n) is 8.84. The number of fused-ring (bicyclic) bond motifs is 1. The number of benzene rings is 1. The quantitative estimate of drug-likeness (QED) is 0.735. The smallest absolute Gasteiger partial charge is 0.122 e. The van der Waals surface area contributed by atoms with Gasteiger partial charge in [-0.3, -0.25) is 0 Å². The second kappa shape index (κ2) is 3.62. The lowest BCUT2D eigenvalue weighted by atomic mass is 9.87. The first-order chi connectivity index (χ1) is 6.70. The molecule has 76 valence electrons. The molecule has 1 aliphatic carbocycles. The van der Waals surface area contributed by atoms with E-state index in [2.05, 4.69) is 19.1 Å². The van der Waals surface area contributed by atoms with Crippen LogP contribution in [0.3, 0.4) is 0 Å². The van der Waals surface area contributed by atoms with Gasteiger partial charge in [-0.25, -0.2) is 0 Å². The monoisotopic (exact) mass is 191 g/mol. The number of rotatable bonds is 1. The standard InChI is InChI=1S/C12H17NO/c1-8-5-9-3-4-11(13)6-10(9)7-12(8)14-2/h5,7,11H,3-4,6,13H2,1-2H3/t11-/m1/s1. The van der Waals surface area contributed by atoms with Crippen LogP contribution in [0.1, 0.15) is 23.1 Å². The summed E-state index contributed by atoms with van der Waals surface area (Å²) in [6.07, 6.45) is 3.21. The first-order valence-electron chi connectivity index (χ1n) is 5.12. The average molecular weight is 191 g/mol. The Morgan fingerprint density at radius 2 is 2.14 bits per heavy atom. The SMILES string of the molecule is COc1cc2c(cc1C)CC[C@@H](N)C2. The Bertz CT molecular complexity index is 346. The minimum atomic E-state index is 0.329. The van der Waals surface area contributed by atoms with E-state index in [1.807, 2.05) is 0 Å². The zero-order valence-corrected chi connectivity index (χ0v) is 8.84. The minimum Gasteiger partial charge on any atom is -0.496 e. The number of aryl methyl sites for hydroxylation is 2. The lowest BCUT2D eigenvalue weighted by Crippen LogP contribution is -2.27. The maximum absolute atomic E-state index is 5.94. The molecule has 2 heteroatoms. The van der Waals surface area contributed by atoms with Crippen LogP contribution in [0.2, 0.25) is 0 Å².